The van der Waals surface area contributed by atoms with Crippen molar-refractivity contribution in [1.29, 1.82) is 0 Å². The zero-order chi connectivity index (χ0) is 12.7. The van der Waals surface area contributed by atoms with E-state index in [0.717, 1.165) is 19.3 Å². The largest absolute Gasteiger partial charge is 0.493 e. The van der Waals surface area contributed by atoms with Gasteiger partial charge in [-0.15, -0.1) is 0 Å². The van der Waals surface area contributed by atoms with Gasteiger partial charge in [0.1, 0.15) is 11.6 Å². The predicted octanol–water partition coefficient (Wildman–Crippen LogP) is 2.49. The van der Waals surface area contributed by atoms with Crippen molar-refractivity contribution in [2.45, 2.75) is 26.2 Å². The molecule has 17 heavy (non-hydrogen) atoms. The highest BCUT2D eigenvalue weighted by molar-refractivity contribution is 5.99. The lowest BCUT2D eigenvalue weighted by atomic mass is 10.1. The van der Waals surface area contributed by atoms with Gasteiger partial charge in [0.2, 0.25) is 0 Å². The third-order valence-corrected chi connectivity index (χ3v) is 2.34. The molecule has 0 radical (unpaired) electrons. The summed E-state index contributed by atoms with van der Waals surface area (Å²) in [5.41, 5.74) is 5.41. The fourth-order valence-electron chi connectivity index (χ4n) is 1.46. The average molecular weight is 240 g/mol. The Morgan fingerprint density at radius 2 is 2.24 bits per heavy atom. The molecular formula is C12H17FN2O2. The fraction of sp³-hybridized carbons (Fsp3) is 0.417. The Kier molecular flexibility index (Phi) is 5.26. The third-order valence-electron chi connectivity index (χ3n) is 2.34. The minimum absolute atomic E-state index is 0.00602. The SMILES string of the molecule is CCCCCOc1cccc(F)c1C(N)=NO. The number of hydrogen-bond donors (Lipinski definition) is 2. The molecule has 0 spiro atoms. The van der Waals surface area contributed by atoms with Crippen LogP contribution in [0.1, 0.15) is 31.7 Å². The smallest absolute Gasteiger partial charge is 0.176 e. The molecule has 0 saturated carbocycles. The number of unbranched alkanes of at least 4 members (excludes halogenated alkanes) is 2. The number of amidine groups is 1. The monoisotopic (exact) mass is 240 g/mol. The van der Waals surface area contributed by atoms with Crippen molar-refractivity contribution >= 4 is 5.84 Å². The Morgan fingerprint density at radius 3 is 2.88 bits per heavy atom. The highest BCUT2D eigenvalue weighted by Crippen LogP contribution is 2.21. The second kappa shape index (κ2) is 6.73. The zero-order valence-corrected chi connectivity index (χ0v) is 9.82. The van der Waals surface area contributed by atoms with E-state index in [1.54, 1.807) is 6.07 Å². The molecule has 0 unspecified atom stereocenters. The lowest BCUT2D eigenvalue weighted by Gasteiger charge is -2.10. The number of oxime groups is 1. The van der Waals surface area contributed by atoms with Gasteiger partial charge in [0.05, 0.1) is 12.2 Å². The summed E-state index contributed by atoms with van der Waals surface area (Å²) in [6.07, 6.45) is 3.02. The van der Waals surface area contributed by atoms with Crippen molar-refractivity contribution < 1.29 is 14.3 Å². The maximum Gasteiger partial charge on any atom is 0.176 e. The van der Waals surface area contributed by atoms with Gasteiger partial charge in [0.15, 0.2) is 5.84 Å². The number of halogens is 1. The normalized spacial score (nSPS) is 11.5. The van der Waals surface area contributed by atoms with Crippen LogP contribution in [0.4, 0.5) is 4.39 Å². The van der Waals surface area contributed by atoms with E-state index in [1.165, 1.54) is 12.1 Å². The maximum atomic E-state index is 13.5. The highest BCUT2D eigenvalue weighted by atomic mass is 19.1. The minimum Gasteiger partial charge on any atom is -0.493 e. The second-order valence-electron chi connectivity index (χ2n) is 3.65. The van der Waals surface area contributed by atoms with Gasteiger partial charge in [-0.05, 0) is 18.6 Å². The number of rotatable bonds is 6. The molecule has 0 fully saturated rings. The molecular weight excluding hydrogens is 223 g/mol. The third kappa shape index (κ3) is 3.62. The van der Waals surface area contributed by atoms with Gasteiger partial charge in [-0.3, -0.25) is 0 Å². The van der Waals surface area contributed by atoms with Gasteiger partial charge in [0, 0.05) is 0 Å². The summed E-state index contributed by atoms with van der Waals surface area (Å²) in [6.45, 7) is 2.58. The van der Waals surface area contributed by atoms with Crippen LogP contribution in [-0.2, 0) is 0 Å². The van der Waals surface area contributed by atoms with Crippen molar-refractivity contribution in [3.63, 3.8) is 0 Å². The van der Waals surface area contributed by atoms with Crippen LogP contribution in [0.3, 0.4) is 0 Å². The van der Waals surface area contributed by atoms with Gasteiger partial charge < -0.3 is 15.7 Å². The second-order valence-corrected chi connectivity index (χ2v) is 3.65. The number of nitrogens with zero attached hydrogens (tertiary/aromatic N) is 1. The minimum atomic E-state index is -0.562. The van der Waals surface area contributed by atoms with Crippen LogP contribution < -0.4 is 10.5 Å². The van der Waals surface area contributed by atoms with E-state index in [9.17, 15) is 4.39 Å². The van der Waals surface area contributed by atoms with Gasteiger partial charge in [0.25, 0.3) is 0 Å². The van der Waals surface area contributed by atoms with Crippen LogP contribution in [0.15, 0.2) is 23.4 Å². The Bertz CT molecular complexity index is 394. The standard InChI is InChI=1S/C12H17FN2O2/c1-2-3-4-8-17-10-7-5-6-9(13)11(10)12(14)15-16/h5-7,16H,2-4,8H2,1H3,(H2,14,15). The first kappa shape index (κ1) is 13.3. The molecule has 1 rings (SSSR count). The van der Waals surface area contributed by atoms with Crippen LogP contribution >= 0.6 is 0 Å². The number of benzene rings is 1. The van der Waals surface area contributed by atoms with Gasteiger partial charge in [-0.2, -0.15) is 0 Å². The number of nitrogens with two attached hydrogens (primary N) is 1. The molecule has 0 aliphatic rings. The lowest BCUT2D eigenvalue weighted by molar-refractivity contribution is 0.301. The highest BCUT2D eigenvalue weighted by Gasteiger charge is 2.13. The number of ether oxygens (including phenoxy) is 1. The molecule has 3 N–H and O–H groups in total. The Balaban J connectivity index is 2.80. The number of hydrogen-bond acceptors (Lipinski definition) is 3. The van der Waals surface area contributed by atoms with E-state index in [1.807, 2.05) is 0 Å². The van der Waals surface area contributed by atoms with Crippen LogP contribution in [0.25, 0.3) is 0 Å². The quantitative estimate of drug-likeness (QED) is 0.264. The molecule has 1 aromatic rings. The van der Waals surface area contributed by atoms with Crippen LogP contribution in [0, 0.1) is 5.82 Å². The molecule has 0 saturated heterocycles. The first-order valence-electron chi connectivity index (χ1n) is 5.60. The summed E-state index contributed by atoms with van der Waals surface area (Å²) in [5.74, 6) is -0.543. The van der Waals surface area contributed by atoms with Gasteiger partial charge in [-0.1, -0.05) is 31.0 Å². The first-order valence-corrected chi connectivity index (χ1v) is 5.60. The first-order chi connectivity index (χ1) is 8.20. The summed E-state index contributed by atoms with van der Waals surface area (Å²) in [6, 6.07) is 4.37. The van der Waals surface area contributed by atoms with Gasteiger partial charge in [-0.25, -0.2) is 4.39 Å². The molecule has 0 amide bonds. The fourth-order valence-corrected chi connectivity index (χ4v) is 1.46. The molecule has 94 valence electrons. The molecule has 0 aromatic heterocycles. The summed E-state index contributed by atoms with van der Waals surface area (Å²) in [5, 5.41) is 11.4. The predicted molar refractivity (Wildman–Crippen MR) is 63.9 cm³/mol. The molecule has 5 heteroatoms. The van der Waals surface area contributed by atoms with Crippen LogP contribution in [0.5, 0.6) is 5.75 Å². The van der Waals surface area contributed by atoms with Crippen molar-refractivity contribution in [3.05, 3.63) is 29.6 Å². The van der Waals surface area contributed by atoms with Crippen molar-refractivity contribution in [3.8, 4) is 5.75 Å². The Morgan fingerprint density at radius 1 is 1.47 bits per heavy atom. The van der Waals surface area contributed by atoms with E-state index in [-0.39, 0.29) is 11.4 Å². The Labute approximate surface area is 99.9 Å². The molecule has 1 aromatic carbocycles. The topological polar surface area (TPSA) is 67.8 Å². The summed E-state index contributed by atoms with van der Waals surface area (Å²) in [7, 11) is 0. The van der Waals surface area contributed by atoms with E-state index in [0.29, 0.717) is 12.4 Å². The van der Waals surface area contributed by atoms with Crippen molar-refractivity contribution in [1.82, 2.24) is 0 Å². The van der Waals surface area contributed by atoms with Crippen molar-refractivity contribution in [2.75, 3.05) is 6.61 Å². The molecule has 0 atom stereocenters. The molecule has 0 heterocycles. The zero-order valence-electron chi connectivity index (χ0n) is 9.82. The maximum absolute atomic E-state index is 13.5. The van der Waals surface area contributed by atoms with E-state index < -0.39 is 5.82 Å². The van der Waals surface area contributed by atoms with Gasteiger partial charge >= 0.3 is 0 Å². The summed E-state index contributed by atoms with van der Waals surface area (Å²) in [4.78, 5) is 0. The van der Waals surface area contributed by atoms with E-state index in [2.05, 4.69) is 12.1 Å². The summed E-state index contributed by atoms with van der Waals surface area (Å²) < 4.78 is 18.9. The summed E-state index contributed by atoms with van der Waals surface area (Å²) >= 11 is 0. The molecule has 0 aliphatic carbocycles. The molecule has 4 nitrogen and oxygen atoms in total. The van der Waals surface area contributed by atoms with E-state index >= 15 is 0 Å². The van der Waals surface area contributed by atoms with Crippen LogP contribution in [-0.4, -0.2) is 17.6 Å². The van der Waals surface area contributed by atoms with Crippen LogP contribution in [0.2, 0.25) is 0 Å². The lowest BCUT2D eigenvalue weighted by Crippen LogP contribution is -2.17. The molecule has 0 aliphatic heterocycles. The molecule has 0 bridgehead atoms. The average Bonchev–Trinajstić information content (AvgIpc) is 2.34. The Hall–Kier alpha value is -1.78. The van der Waals surface area contributed by atoms with Crippen molar-refractivity contribution in [2.24, 2.45) is 10.9 Å². The van der Waals surface area contributed by atoms with E-state index in [4.69, 9.17) is 15.7 Å².